The molecule has 0 atom stereocenters. The molecule has 56 valence electrons. The van der Waals surface area contributed by atoms with Gasteiger partial charge in [-0.25, -0.2) is 0 Å². The Kier molecular flexibility index (Phi) is 3.68. The summed E-state index contributed by atoms with van der Waals surface area (Å²) in [4.78, 5) is 0. The van der Waals surface area contributed by atoms with Gasteiger partial charge in [-0.15, -0.1) is 0 Å². The van der Waals surface area contributed by atoms with Gasteiger partial charge in [-0.1, -0.05) is 0 Å². The van der Waals surface area contributed by atoms with Crippen molar-refractivity contribution in [3.8, 4) is 0 Å². The Labute approximate surface area is 70.2 Å². The van der Waals surface area contributed by atoms with Crippen LogP contribution < -0.4 is 4.16 Å². The molecule has 0 bridgehead atoms. The molecule has 0 saturated heterocycles. The van der Waals surface area contributed by atoms with Crippen molar-refractivity contribution in [3.05, 3.63) is 30.3 Å². The summed E-state index contributed by atoms with van der Waals surface area (Å²) in [6.45, 7) is 2.25. The first kappa shape index (κ1) is 7.94. The molecule has 1 aromatic carbocycles. The number of hydrogen-bond acceptors (Lipinski definition) is 0. The fraction of sp³-hybridized carbons (Fsp3) is 0.333. The van der Waals surface area contributed by atoms with Crippen molar-refractivity contribution in [2.75, 3.05) is 0 Å². The van der Waals surface area contributed by atoms with Crippen LogP contribution in [0.1, 0.15) is 13.3 Å². The fourth-order valence-electron chi connectivity index (χ4n) is 0.684. The van der Waals surface area contributed by atoms with Crippen LogP contribution in [0, 0.1) is 0 Å². The van der Waals surface area contributed by atoms with Crippen molar-refractivity contribution < 1.29 is 17.1 Å². The Morgan fingerprint density at radius 2 is 1.90 bits per heavy atom. The van der Waals surface area contributed by atoms with Crippen molar-refractivity contribution in [1.82, 2.24) is 0 Å². The van der Waals surface area contributed by atoms with E-state index in [0.29, 0.717) is 17.1 Å². The third kappa shape index (κ3) is 2.62. The van der Waals surface area contributed by atoms with Crippen LogP contribution in [0.4, 0.5) is 0 Å². The minimum absolute atomic E-state index is 0.492. The van der Waals surface area contributed by atoms with Gasteiger partial charge in [-0.05, 0) is 0 Å². The van der Waals surface area contributed by atoms with Crippen molar-refractivity contribution in [3.63, 3.8) is 0 Å². The molecule has 0 N–H and O–H groups in total. The summed E-state index contributed by atoms with van der Waals surface area (Å²) in [5.41, 5.74) is 0. The summed E-state index contributed by atoms with van der Waals surface area (Å²) in [5, 5.41) is 1.40. The van der Waals surface area contributed by atoms with Gasteiger partial charge in [0, 0.05) is 0 Å². The molecule has 0 aliphatic heterocycles. The molecule has 1 heteroatoms. The normalized spacial score (nSPS) is 10.1. The number of benzene rings is 1. The molecule has 0 fully saturated rings. The van der Waals surface area contributed by atoms with Gasteiger partial charge in [0.2, 0.25) is 0 Å². The summed E-state index contributed by atoms with van der Waals surface area (Å²) in [6, 6.07) is 10.8. The average Bonchev–Trinajstić information content (AvgIpc) is 2.03. The Morgan fingerprint density at radius 1 is 1.20 bits per heavy atom. The molecule has 10 heavy (non-hydrogen) atoms. The summed E-state index contributed by atoms with van der Waals surface area (Å²) in [5.74, 6) is 0. The second-order valence-corrected chi connectivity index (χ2v) is 4.57. The van der Waals surface area contributed by atoms with Crippen LogP contribution in [0.3, 0.4) is 0 Å². The average molecular weight is 221 g/mol. The van der Waals surface area contributed by atoms with E-state index >= 15 is 0 Å². The molecule has 0 amide bonds. The molecule has 0 saturated carbocycles. The maximum atomic E-state index is 2.25. The predicted octanol–water partition coefficient (Wildman–Crippen LogP) is 2.22. The molecular formula is C9H12Ru. The van der Waals surface area contributed by atoms with Crippen molar-refractivity contribution >= 4 is 4.16 Å². The van der Waals surface area contributed by atoms with E-state index in [9.17, 15) is 0 Å². The Hall–Kier alpha value is -0.157. The third-order valence-corrected chi connectivity index (χ3v) is 3.73. The molecule has 0 nitrogen and oxygen atoms in total. The minimum atomic E-state index is 0.492. The summed E-state index contributed by atoms with van der Waals surface area (Å²) in [7, 11) is 0. The molecular weight excluding hydrogens is 209 g/mol. The van der Waals surface area contributed by atoms with Crippen molar-refractivity contribution in [1.29, 1.82) is 0 Å². The summed E-state index contributed by atoms with van der Waals surface area (Å²) in [6.07, 6.45) is 1.33. The van der Waals surface area contributed by atoms with E-state index in [-0.39, 0.29) is 0 Å². The zero-order valence-electron chi connectivity index (χ0n) is 6.15. The number of rotatable bonds is 3. The molecule has 0 aliphatic rings. The Bertz CT molecular complexity index is 169. The zero-order valence-corrected chi connectivity index (χ0v) is 7.89. The molecule has 0 heterocycles. The van der Waals surface area contributed by atoms with Gasteiger partial charge in [-0.2, -0.15) is 0 Å². The summed E-state index contributed by atoms with van der Waals surface area (Å²) < 4.78 is 1.55. The Balaban J connectivity index is 2.43. The van der Waals surface area contributed by atoms with Crippen molar-refractivity contribution in [2.45, 2.75) is 18.4 Å². The quantitative estimate of drug-likeness (QED) is 0.687. The van der Waals surface area contributed by atoms with Crippen LogP contribution in [0.2, 0.25) is 5.02 Å². The molecule has 0 radical (unpaired) electrons. The van der Waals surface area contributed by atoms with E-state index in [0.717, 1.165) is 0 Å². The molecule has 1 aromatic rings. The second kappa shape index (κ2) is 4.63. The van der Waals surface area contributed by atoms with E-state index in [1.807, 2.05) is 0 Å². The standard InChI is InChI=1S/C6H5.C3H7.Ru/c1-2-4-6-5-3-1;1-3-2;/h1-5H;1,3H2,2H3;. The molecule has 0 aromatic heterocycles. The monoisotopic (exact) mass is 222 g/mol. The Morgan fingerprint density at radius 3 is 2.50 bits per heavy atom. The fourth-order valence-corrected chi connectivity index (χ4v) is 2.36. The third-order valence-electron chi connectivity index (χ3n) is 1.13. The van der Waals surface area contributed by atoms with Gasteiger partial charge in [0.15, 0.2) is 0 Å². The first-order valence-corrected chi connectivity index (χ1v) is 5.64. The van der Waals surface area contributed by atoms with Crippen molar-refractivity contribution in [2.24, 2.45) is 0 Å². The SMILES string of the molecule is CC[CH2][Ru][c]1ccccc1. The van der Waals surface area contributed by atoms with Crippen LogP contribution in [0.15, 0.2) is 30.3 Å². The van der Waals surface area contributed by atoms with Crippen LogP contribution in [-0.2, 0) is 17.1 Å². The first-order chi connectivity index (χ1) is 4.93. The van der Waals surface area contributed by atoms with Crippen LogP contribution in [0.5, 0.6) is 0 Å². The second-order valence-electron chi connectivity index (χ2n) is 2.08. The van der Waals surface area contributed by atoms with Crippen LogP contribution in [-0.4, -0.2) is 0 Å². The van der Waals surface area contributed by atoms with E-state index in [4.69, 9.17) is 0 Å². The zero-order chi connectivity index (χ0) is 7.23. The van der Waals surface area contributed by atoms with Crippen LogP contribution in [0.25, 0.3) is 0 Å². The van der Waals surface area contributed by atoms with Gasteiger partial charge in [0.1, 0.15) is 0 Å². The van der Waals surface area contributed by atoms with Gasteiger partial charge in [0.25, 0.3) is 0 Å². The maximum absolute atomic E-state index is 2.25. The van der Waals surface area contributed by atoms with E-state index in [2.05, 4.69) is 37.3 Å². The molecule has 0 spiro atoms. The first-order valence-electron chi connectivity index (χ1n) is 3.54. The topological polar surface area (TPSA) is 0 Å². The molecule has 0 aliphatic carbocycles. The van der Waals surface area contributed by atoms with E-state index in [1.165, 1.54) is 11.4 Å². The summed E-state index contributed by atoms with van der Waals surface area (Å²) >= 11 is 0.492. The van der Waals surface area contributed by atoms with Gasteiger partial charge < -0.3 is 0 Å². The molecule has 0 unspecified atom stereocenters. The van der Waals surface area contributed by atoms with Crippen LogP contribution >= 0.6 is 0 Å². The number of hydrogen-bond donors (Lipinski definition) is 0. The van der Waals surface area contributed by atoms with Gasteiger partial charge in [0.05, 0.1) is 0 Å². The predicted molar refractivity (Wildman–Crippen MR) is 41.2 cm³/mol. The van der Waals surface area contributed by atoms with E-state index < -0.39 is 0 Å². The molecule has 1 rings (SSSR count). The van der Waals surface area contributed by atoms with Gasteiger partial charge in [-0.3, -0.25) is 0 Å². The van der Waals surface area contributed by atoms with E-state index in [1.54, 1.807) is 4.16 Å². The van der Waals surface area contributed by atoms with Gasteiger partial charge >= 0.3 is 70.0 Å².